The largest absolute Gasteiger partial charge is 0.478 e. The SMILES string of the molecule is CCc1nn(CC(C)(C)Cc2cccc(C(=O)O)c2Cl)c2c1C(=O)NCC1(CCOCC1)C2. The van der Waals surface area contributed by atoms with E-state index in [1.807, 2.05) is 17.7 Å². The Labute approximate surface area is 199 Å². The molecule has 7 nitrogen and oxygen atoms in total. The van der Waals surface area contributed by atoms with Crippen LogP contribution in [0.15, 0.2) is 18.2 Å². The molecule has 2 aromatic rings. The average molecular weight is 474 g/mol. The predicted octanol–water partition coefficient (Wildman–Crippen LogP) is 4.15. The molecule has 2 aliphatic rings. The van der Waals surface area contributed by atoms with Crippen LogP contribution >= 0.6 is 11.6 Å². The molecule has 1 aromatic heterocycles. The molecule has 0 unspecified atom stereocenters. The Balaban J connectivity index is 1.67. The van der Waals surface area contributed by atoms with Crippen molar-refractivity contribution < 1.29 is 19.4 Å². The summed E-state index contributed by atoms with van der Waals surface area (Å²) in [6, 6.07) is 5.13. The van der Waals surface area contributed by atoms with Crippen molar-refractivity contribution in [3.05, 3.63) is 51.3 Å². The van der Waals surface area contributed by atoms with Crippen molar-refractivity contribution >= 4 is 23.5 Å². The lowest BCUT2D eigenvalue weighted by Gasteiger charge is -2.36. The second kappa shape index (κ2) is 9.11. The van der Waals surface area contributed by atoms with Crippen LogP contribution < -0.4 is 5.32 Å². The van der Waals surface area contributed by atoms with Gasteiger partial charge < -0.3 is 15.2 Å². The number of amides is 1. The van der Waals surface area contributed by atoms with E-state index in [-0.39, 0.29) is 27.3 Å². The van der Waals surface area contributed by atoms with Crippen LogP contribution in [0, 0.1) is 10.8 Å². The van der Waals surface area contributed by atoms with Crippen molar-refractivity contribution in [3.8, 4) is 0 Å². The third kappa shape index (κ3) is 4.80. The number of hydrogen-bond donors (Lipinski definition) is 2. The van der Waals surface area contributed by atoms with Gasteiger partial charge in [0.25, 0.3) is 5.91 Å². The number of aromatic nitrogens is 2. The Bertz CT molecular complexity index is 1070. The normalized spacial score (nSPS) is 18.0. The van der Waals surface area contributed by atoms with Gasteiger partial charge in [0, 0.05) is 26.3 Å². The number of carboxylic acids is 1. The summed E-state index contributed by atoms with van der Waals surface area (Å²) in [5.74, 6) is -1.07. The zero-order valence-electron chi connectivity index (χ0n) is 19.5. The van der Waals surface area contributed by atoms with E-state index >= 15 is 0 Å². The minimum Gasteiger partial charge on any atom is -0.478 e. The highest BCUT2D eigenvalue weighted by Gasteiger charge is 2.40. The molecule has 4 rings (SSSR count). The lowest BCUT2D eigenvalue weighted by atomic mass is 9.76. The standard InChI is InChI=1S/C25H32ClN3O4/c1-4-18-20-19(13-25(14-27-22(20)30)8-10-33-11-9-25)29(28-18)15-24(2,3)12-16-6-5-7-17(21(16)26)23(31)32/h5-7H,4,8-15H2,1-3H3,(H,27,30)(H,31,32). The van der Waals surface area contributed by atoms with Crippen molar-refractivity contribution in [2.24, 2.45) is 10.8 Å². The van der Waals surface area contributed by atoms with Crippen LogP contribution in [0.25, 0.3) is 0 Å². The highest BCUT2D eigenvalue weighted by molar-refractivity contribution is 6.34. The molecule has 178 valence electrons. The Morgan fingerprint density at radius 1 is 1.33 bits per heavy atom. The van der Waals surface area contributed by atoms with Gasteiger partial charge in [0.2, 0.25) is 0 Å². The van der Waals surface area contributed by atoms with Gasteiger partial charge in [0.05, 0.1) is 27.5 Å². The molecule has 1 saturated heterocycles. The maximum Gasteiger partial charge on any atom is 0.337 e. The van der Waals surface area contributed by atoms with Gasteiger partial charge in [-0.3, -0.25) is 9.48 Å². The van der Waals surface area contributed by atoms with Crippen molar-refractivity contribution in [2.75, 3.05) is 19.8 Å². The number of rotatable bonds is 6. The number of fused-ring (bicyclic) bond motifs is 1. The van der Waals surface area contributed by atoms with Gasteiger partial charge >= 0.3 is 5.97 Å². The maximum absolute atomic E-state index is 13.1. The summed E-state index contributed by atoms with van der Waals surface area (Å²) in [6.07, 6.45) is 3.91. The van der Waals surface area contributed by atoms with Gasteiger partial charge in [0.15, 0.2) is 0 Å². The van der Waals surface area contributed by atoms with Crippen LogP contribution in [0.5, 0.6) is 0 Å². The van der Waals surface area contributed by atoms with E-state index in [9.17, 15) is 14.7 Å². The zero-order valence-corrected chi connectivity index (χ0v) is 20.3. The van der Waals surface area contributed by atoms with Crippen LogP contribution in [0.3, 0.4) is 0 Å². The fourth-order valence-corrected chi connectivity index (χ4v) is 5.44. The summed E-state index contributed by atoms with van der Waals surface area (Å²) < 4.78 is 7.62. The van der Waals surface area contributed by atoms with Crippen molar-refractivity contribution in [1.29, 1.82) is 0 Å². The number of nitrogens with zero attached hydrogens (tertiary/aromatic N) is 2. The molecule has 33 heavy (non-hydrogen) atoms. The van der Waals surface area contributed by atoms with Gasteiger partial charge in [-0.1, -0.05) is 44.5 Å². The molecule has 8 heteroatoms. The van der Waals surface area contributed by atoms with E-state index in [1.165, 1.54) is 6.07 Å². The summed E-state index contributed by atoms with van der Waals surface area (Å²) in [5.41, 5.74) is 3.19. The summed E-state index contributed by atoms with van der Waals surface area (Å²) in [5, 5.41) is 17.7. The number of aromatic carboxylic acids is 1. The lowest BCUT2D eigenvalue weighted by molar-refractivity contribution is 0.0150. The van der Waals surface area contributed by atoms with Crippen LogP contribution in [-0.2, 0) is 30.5 Å². The molecule has 0 radical (unpaired) electrons. The minimum absolute atomic E-state index is 0.00871. The second-order valence-electron chi connectivity index (χ2n) is 10.2. The highest BCUT2D eigenvalue weighted by Crippen LogP contribution is 2.38. The third-order valence-corrected chi connectivity index (χ3v) is 7.41. The number of carbonyl (C=O) groups excluding carboxylic acids is 1. The first-order chi connectivity index (χ1) is 15.6. The van der Waals surface area contributed by atoms with Crippen LogP contribution in [0.1, 0.15) is 71.3 Å². The number of carboxylic acid groups (broad SMARTS) is 1. The zero-order chi connectivity index (χ0) is 23.8. The molecule has 0 saturated carbocycles. The van der Waals surface area contributed by atoms with Crippen molar-refractivity contribution in [2.45, 2.75) is 59.4 Å². The average Bonchev–Trinajstić information content (AvgIpc) is 3.02. The summed E-state index contributed by atoms with van der Waals surface area (Å²) in [7, 11) is 0. The summed E-state index contributed by atoms with van der Waals surface area (Å²) in [6.45, 7) is 8.96. The van der Waals surface area contributed by atoms with E-state index in [1.54, 1.807) is 6.07 Å². The van der Waals surface area contributed by atoms with E-state index in [0.717, 1.165) is 41.8 Å². The number of carbonyl (C=O) groups is 2. The third-order valence-electron chi connectivity index (χ3n) is 6.97. The van der Waals surface area contributed by atoms with E-state index in [2.05, 4.69) is 19.2 Å². The number of nitrogens with one attached hydrogen (secondary N) is 1. The molecule has 2 N–H and O–H groups in total. The Morgan fingerprint density at radius 2 is 2.06 bits per heavy atom. The van der Waals surface area contributed by atoms with Gasteiger partial charge in [-0.05, 0) is 54.6 Å². The molecule has 3 heterocycles. The van der Waals surface area contributed by atoms with Gasteiger partial charge in [-0.25, -0.2) is 4.79 Å². The highest BCUT2D eigenvalue weighted by atomic mass is 35.5. The van der Waals surface area contributed by atoms with Gasteiger partial charge in [-0.15, -0.1) is 0 Å². The Morgan fingerprint density at radius 3 is 2.73 bits per heavy atom. The molecular weight excluding hydrogens is 442 g/mol. The van der Waals surface area contributed by atoms with E-state index in [0.29, 0.717) is 39.1 Å². The maximum atomic E-state index is 13.1. The summed E-state index contributed by atoms with van der Waals surface area (Å²) in [4.78, 5) is 24.6. The molecule has 1 amide bonds. The number of hydrogen-bond acceptors (Lipinski definition) is 4. The topological polar surface area (TPSA) is 93.5 Å². The lowest BCUT2D eigenvalue weighted by Crippen LogP contribution is -2.41. The smallest absolute Gasteiger partial charge is 0.337 e. The van der Waals surface area contributed by atoms with Gasteiger partial charge in [0.1, 0.15) is 0 Å². The van der Waals surface area contributed by atoms with Crippen LogP contribution in [0.4, 0.5) is 0 Å². The van der Waals surface area contributed by atoms with Crippen molar-refractivity contribution in [3.63, 3.8) is 0 Å². The number of halogens is 1. The molecule has 2 aliphatic heterocycles. The first-order valence-electron chi connectivity index (χ1n) is 11.6. The molecule has 0 bridgehead atoms. The molecule has 1 fully saturated rings. The minimum atomic E-state index is -1.03. The first-order valence-corrected chi connectivity index (χ1v) is 12.0. The monoisotopic (exact) mass is 473 g/mol. The second-order valence-corrected chi connectivity index (χ2v) is 10.6. The number of benzene rings is 1. The number of aryl methyl sites for hydroxylation is 1. The molecule has 1 spiro atoms. The summed E-state index contributed by atoms with van der Waals surface area (Å²) >= 11 is 6.42. The Kier molecular flexibility index (Phi) is 6.56. The molecular formula is C25H32ClN3O4. The molecule has 1 aromatic carbocycles. The fraction of sp³-hybridized carbons (Fsp3) is 0.560. The Hall–Kier alpha value is -2.38. The predicted molar refractivity (Wildman–Crippen MR) is 126 cm³/mol. The van der Waals surface area contributed by atoms with Gasteiger partial charge in [-0.2, -0.15) is 5.10 Å². The quantitative estimate of drug-likeness (QED) is 0.657. The molecule has 0 aliphatic carbocycles. The number of ether oxygens (including phenoxy) is 1. The van der Waals surface area contributed by atoms with Crippen molar-refractivity contribution in [1.82, 2.24) is 15.1 Å². The first kappa shape index (κ1) is 23.8. The fourth-order valence-electron chi connectivity index (χ4n) is 5.16. The molecule has 0 atom stereocenters. The van der Waals surface area contributed by atoms with E-state index < -0.39 is 5.97 Å². The van der Waals surface area contributed by atoms with Crippen LogP contribution in [-0.4, -0.2) is 46.5 Å². The van der Waals surface area contributed by atoms with Crippen LogP contribution in [0.2, 0.25) is 5.02 Å². The van der Waals surface area contributed by atoms with E-state index in [4.69, 9.17) is 21.4 Å².